The van der Waals surface area contributed by atoms with Crippen LogP contribution in [-0.2, 0) is 11.2 Å². The summed E-state index contributed by atoms with van der Waals surface area (Å²) in [5.41, 5.74) is 3.97. The van der Waals surface area contributed by atoms with Crippen molar-refractivity contribution in [1.82, 2.24) is 4.98 Å². The first-order valence-corrected chi connectivity index (χ1v) is 13.3. The van der Waals surface area contributed by atoms with E-state index in [9.17, 15) is 14.3 Å². The van der Waals surface area contributed by atoms with E-state index in [0.717, 1.165) is 35.1 Å². The topological polar surface area (TPSA) is 65.9 Å². The Hall–Kier alpha value is -3.65. The van der Waals surface area contributed by atoms with E-state index in [1.165, 1.54) is 23.0 Å². The number of nitrogens with zero attached hydrogens (tertiary/aromatic N) is 3. The Morgan fingerprint density at radius 3 is 2.70 bits per heavy atom. The number of ether oxygens (including phenoxy) is 1. The lowest BCUT2D eigenvalue weighted by Gasteiger charge is -2.30. The zero-order valence-electron chi connectivity index (χ0n) is 20.9. The lowest BCUT2D eigenvalue weighted by atomic mass is 10.0. The SMILES string of the molecule is COc1ccc(CCN(c2nc3cccc(F)c3s2)C(C)c2cccc(N3CC[C@@H](C(=O)O)C3)c2)cc1. The molecule has 2 heterocycles. The molecule has 0 spiro atoms. The number of anilines is 2. The Bertz CT molecular complexity index is 1390. The van der Waals surface area contributed by atoms with E-state index in [2.05, 4.69) is 41.0 Å². The summed E-state index contributed by atoms with van der Waals surface area (Å²) in [7, 11) is 1.66. The normalized spacial score (nSPS) is 16.2. The number of aromatic nitrogens is 1. The Morgan fingerprint density at radius 2 is 2.00 bits per heavy atom. The minimum atomic E-state index is -0.736. The number of benzene rings is 3. The van der Waals surface area contributed by atoms with Crippen LogP contribution in [-0.4, -0.2) is 42.8 Å². The number of methoxy groups -OCH3 is 1. The Kier molecular flexibility index (Phi) is 7.28. The van der Waals surface area contributed by atoms with Gasteiger partial charge in [0.1, 0.15) is 11.6 Å². The molecule has 0 saturated carbocycles. The Labute approximate surface area is 219 Å². The fraction of sp³-hybridized carbons (Fsp3) is 0.310. The summed E-state index contributed by atoms with van der Waals surface area (Å²) in [5, 5.41) is 10.2. The summed E-state index contributed by atoms with van der Waals surface area (Å²) in [5.74, 6) is -0.507. The number of thiazole rings is 1. The first kappa shape index (κ1) is 25.0. The van der Waals surface area contributed by atoms with Gasteiger partial charge < -0.3 is 19.6 Å². The summed E-state index contributed by atoms with van der Waals surface area (Å²) in [6.07, 6.45) is 1.44. The number of hydrogen-bond acceptors (Lipinski definition) is 6. The number of carbonyl (C=O) groups is 1. The van der Waals surface area contributed by atoms with Gasteiger partial charge in [0.05, 0.1) is 29.3 Å². The van der Waals surface area contributed by atoms with Gasteiger partial charge in [-0.05, 0) is 67.3 Å². The molecule has 1 N–H and O–H groups in total. The number of carboxylic acid groups (broad SMARTS) is 1. The number of hydrogen-bond donors (Lipinski definition) is 1. The molecule has 0 radical (unpaired) electrons. The van der Waals surface area contributed by atoms with Crippen LogP contribution < -0.4 is 14.5 Å². The van der Waals surface area contributed by atoms with E-state index in [0.29, 0.717) is 29.7 Å². The van der Waals surface area contributed by atoms with Crippen molar-refractivity contribution in [3.63, 3.8) is 0 Å². The lowest BCUT2D eigenvalue weighted by molar-refractivity contribution is -0.140. The van der Waals surface area contributed by atoms with Crippen molar-refractivity contribution in [3.8, 4) is 5.75 Å². The maximum absolute atomic E-state index is 14.5. The Morgan fingerprint density at radius 1 is 1.22 bits per heavy atom. The molecule has 192 valence electrons. The summed E-state index contributed by atoms with van der Waals surface area (Å²) >= 11 is 1.37. The van der Waals surface area contributed by atoms with Crippen LogP contribution in [0.25, 0.3) is 10.2 Å². The molecule has 37 heavy (non-hydrogen) atoms. The summed E-state index contributed by atoms with van der Waals surface area (Å²) in [6, 6.07) is 21.3. The van der Waals surface area contributed by atoms with Crippen LogP contribution in [0.3, 0.4) is 0 Å². The van der Waals surface area contributed by atoms with Crippen LogP contribution in [0.5, 0.6) is 5.75 Å². The van der Waals surface area contributed by atoms with E-state index < -0.39 is 5.97 Å². The third kappa shape index (κ3) is 5.39. The van der Waals surface area contributed by atoms with Gasteiger partial charge in [-0.3, -0.25) is 4.79 Å². The average molecular weight is 520 g/mol. The van der Waals surface area contributed by atoms with Crippen LogP contribution in [0, 0.1) is 11.7 Å². The molecule has 3 aromatic carbocycles. The van der Waals surface area contributed by atoms with E-state index >= 15 is 0 Å². The minimum absolute atomic E-state index is 0.0281. The molecule has 1 aromatic heterocycles. The van der Waals surface area contributed by atoms with Gasteiger partial charge in [0.25, 0.3) is 0 Å². The molecule has 1 unspecified atom stereocenters. The van der Waals surface area contributed by atoms with Crippen molar-refractivity contribution in [2.24, 2.45) is 5.92 Å². The zero-order chi connectivity index (χ0) is 25.9. The van der Waals surface area contributed by atoms with E-state index in [1.54, 1.807) is 13.2 Å². The summed E-state index contributed by atoms with van der Waals surface area (Å²) < 4.78 is 20.4. The number of halogens is 1. The van der Waals surface area contributed by atoms with Gasteiger partial charge in [0.15, 0.2) is 5.13 Å². The highest BCUT2D eigenvalue weighted by molar-refractivity contribution is 7.22. The summed E-state index contributed by atoms with van der Waals surface area (Å²) in [4.78, 5) is 20.6. The van der Waals surface area contributed by atoms with Crippen molar-refractivity contribution in [3.05, 3.63) is 83.7 Å². The third-order valence-corrected chi connectivity index (χ3v) is 8.24. The molecule has 1 saturated heterocycles. The van der Waals surface area contributed by atoms with Crippen molar-refractivity contribution < 1.29 is 19.0 Å². The molecule has 1 aliphatic heterocycles. The predicted molar refractivity (Wildman–Crippen MR) is 146 cm³/mol. The van der Waals surface area contributed by atoms with Crippen LogP contribution in [0.4, 0.5) is 15.2 Å². The molecular weight excluding hydrogens is 489 g/mol. The predicted octanol–water partition coefficient (Wildman–Crippen LogP) is 6.17. The maximum atomic E-state index is 14.5. The molecule has 4 aromatic rings. The van der Waals surface area contributed by atoms with Gasteiger partial charge in [-0.1, -0.05) is 41.7 Å². The van der Waals surface area contributed by atoms with Crippen LogP contribution in [0.1, 0.15) is 30.5 Å². The molecule has 0 aliphatic carbocycles. The molecule has 6 nitrogen and oxygen atoms in total. The lowest BCUT2D eigenvalue weighted by Crippen LogP contribution is -2.29. The average Bonchev–Trinajstić information content (AvgIpc) is 3.58. The largest absolute Gasteiger partial charge is 0.497 e. The smallest absolute Gasteiger partial charge is 0.308 e. The first-order chi connectivity index (χ1) is 17.9. The van der Waals surface area contributed by atoms with Crippen molar-refractivity contribution in [2.75, 3.05) is 36.5 Å². The first-order valence-electron chi connectivity index (χ1n) is 12.5. The van der Waals surface area contributed by atoms with E-state index in [1.807, 2.05) is 30.3 Å². The fourth-order valence-electron chi connectivity index (χ4n) is 4.88. The second-order valence-corrected chi connectivity index (χ2v) is 10.4. The third-order valence-electron chi connectivity index (χ3n) is 7.12. The van der Waals surface area contributed by atoms with E-state index in [4.69, 9.17) is 9.72 Å². The van der Waals surface area contributed by atoms with Gasteiger partial charge in [0, 0.05) is 25.3 Å². The van der Waals surface area contributed by atoms with Gasteiger partial charge in [-0.15, -0.1) is 0 Å². The highest BCUT2D eigenvalue weighted by atomic mass is 32.1. The monoisotopic (exact) mass is 519 g/mol. The molecule has 1 aliphatic rings. The van der Waals surface area contributed by atoms with Crippen LogP contribution in [0.15, 0.2) is 66.7 Å². The van der Waals surface area contributed by atoms with Crippen molar-refractivity contribution in [2.45, 2.75) is 25.8 Å². The molecule has 0 bridgehead atoms. The highest BCUT2D eigenvalue weighted by Crippen LogP contribution is 2.36. The van der Waals surface area contributed by atoms with Crippen LogP contribution in [0.2, 0.25) is 0 Å². The number of rotatable bonds is 9. The Balaban J connectivity index is 1.43. The number of carboxylic acids is 1. The number of aliphatic carboxylic acids is 1. The fourth-order valence-corrected chi connectivity index (χ4v) is 5.96. The maximum Gasteiger partial charge on any atom is 0.308 e. The van der Waals surface area contributed by atoms with Gasteiger partial charge >= 0.3 is 5.97 Å². The van der Waals surface area contributed by atoms with Crippen molar-refractivity contribution >= 4 is 38.3 Å². The molecule has 0 amide bonds. The quantitative estimate of drug-likeness (QED) is 0.286. The van der Waals surface area contributed by atoms with Gasteiger partial charge in [-0.2, -0.15) is 0 Å². The second-order valence-electron chi connectivity index (χ2n) is 9.42. The molecular formula is C29H30FN3O3S. The zero-order valence-corrected chi connectivity index (χ0v) is 21.7. The van der Waals surface area contributed by atoms with Gasteiger partial charge in [0.2, 0.25) is 0 Å². The van der Waals surface area contributed by atoms with Crippen molar-refractivity contribution in [1.29, 1.82) is 0 Å². The molecule has 1 fully saturated rings. The molecule has 8 heteroatoms. The minimum Gasteiger partial charge on any atom is -0.497 e. The highest BCUT2D eigenvalue weighted by Gasteiger charge is 2.29. The summed E-state index contributed by atoms with van der Waals surface area (Å²) in [6.45, 7) is 4.09. The van der Waals surface area contributed by atoms with Gasteiger partial charge in [-0.25, -0.2) is 9.37 Å². The number of fused-ring (bicyclic) bond motifs is 1. The molecule has 2 atom stereocenters. The second kappa shape index (κ2) is 10.8. The van der Waals surface area contributed by atoms with E-state index in [-0.39, 0.29) is 17.8 Å². The standard InChI is InChI=1S/C29H30FN3O3S/c1-19(21-5-3-6-23(17-21)32-15-14-22(18-32)28(34)35)33(16-13-20-9-11-24(36-2)12-10-20)29-31-26-8-4-7-25(30)27(26)37-29/h3-12,17,19,22H,13-16,18H2,1-2H3,(H,34,35)/t19?,22-/m1/s1. The molecule has 5 rings (SSSR count). The van der Waals surface area contributed by atoms with Crippen LogP contribution >= 0.6 is 11.3 Å².